The largest absolute Gasteiger partial charge is 0.489 e. The van der Waals surface area contributed by atoms with Crippen molar-refractivity contribution >= 4 is 22.5 Å². The van der Waals surface area contributed by atoms with Gasteiger partial charge in [-0.05, 0) is 35.9 Å². The van der Waals surface area contributed by atoms with Gasteiger partial charge in [0, 0.05) is 17.5 Å². The molecule has 28 heavy (non-hydrogen) atoms. The van der Waals surface area contributed by atoms with E-state index in [9.17, 15) is 4.79 Å². The van der Waals surface area contributed by atoms with E-state index in [1.165, 1.54) is 0 Å². The Balaban J connectivity index is 1.33. The summed E-state index contributed by atoms with van der Waals surface area (Å²) < 4.78 is 7.63. The lowest BCUT2D eigenvalue weighted by Crippen LogP contribution is -2.15. The summed E-state index contributed by atoms with van der Waals surface area (Å²) in [7, 11) is 0. The molecule has 0 bridgehead atoms. The molecule has 5 nitrogen and oxygen atoms in total. The number of benzene rings is 3. The maximum absolute atomic E-state index is 12.4. The Hall–Kier alpha value is -3.60. The number of hydrogen-bond acceptors (Lipinski definition) is 3. The minimum Gasteiger partial charge on any atom is -0.489 e. The second kappa shape index (κ2) is 8.39. The number of fused-ring (bicyclic) bond motifs is 1. The van der Waals surface area contributed by atoms with Crippen LogP contribution >= 0.6 is 0 Å². The predicted molar refractivity (Wildman–Crippen MR) is 110 cm³/mol. The normalized spacial score (nSPS) is 10.7. The highest BCUT2D eigenvalue weighted by Gasteiger charge is 2.07. The minimum atomic E-state index is -0.0410. The van der Waals surface area contributed by atoms with Crippen LogP contribution in [0.5, 0.6) is 5.75 Å². The molecular formula is C23H21N3O2. The molecule has 1 aromatic heterocycles. The topological polar surface area (TPSA) is 56.2 Å². The molecule has 0 radical (unpaired) electrons. The van der Waals surface area contributed by atoms with Crippen LogP contribution in [0.25, 0.3) is 10.9 Å². The van der Waals surface area contributed by atoms with E-state index < -0.39 is 0 Å². The standard InChI is InChI=1S/C23H21N3O2/c27-23(13-14-26-22-12-5-4-8-19(22)16-24-26)25-20-9-6-7-18(15-20)17-28-21-10-2-1-3-11-21/h1-12,15-16H,13-14,17H2,(H,25,27). The van der Waals surface area contributed by atoms with Crippen LogP contribution in [-0.2, 0) is 17.9 Å². The fraction of sp³-hybridized carbons (Fsp3) is 0.130. The first-order chi connectivity index (χ1) is 13.8. The van der Waals surface area contributed by atoms with E-state index in [2.05, 4.69) is 10.4 Å². The lowest BCUT2D eigenvalue weighted by molar-refractivity contribution is -0.116. The van der Waals surface area contributed by atoms with Crippen LogP contribution in [0.15, 0.2) is 85.1 Å². The minimum absolute atomic E-state index is 0.0410. The third-order valence-corrected chi connectivity index (χ3v) is 4.46. The third-order valence-electron chi connectivity index (χ3n) is 4.46. The summed E-state index contributed by atoms with van der Waals surface area (Å²) in [6.45, 7) is 0.989. The molecule has 0 aliphatic heterocycles. The van der Waals surface area contributed by atoms with Gasteiger partial charge in [0.15, 0.2) is 0 Å². The average Bonchev–Trinajstić information content (AvgIpc) is 3.15. The zero-order valence-electron chi connectivity index (χ0n) is 15.4. The summed E-state index contributed by atoms with van der Waals surface area (Å²) in [5.74, 6) is 0.782. The van der Waals surface area contributed by atoms with Crippen molar-refractivity contribution in [3.63, 3.8) is 0 Å². The van der Waals surface area contributed by atoms with E-state index >= 15 is 0 Å². The lowest BCUT2D eigenvalue weighted by atomic mass is 10.2. The molecule has 0 aliphatic carbocycles. The number of anilines is 1. The summed E-state index contributed by atoms with van der Waals surface area (Å²) in [6.07, 6.45) is 2.18. The fourth-order valence-electron chi connectivity index (χ4n) is 3.06. The molecule has 0 saturated carbocycles. The predicted octanol–water partition coefficient (Wildman–Crippen LogP) is 4.64. The molecule has 1 heterocycles. The second-order valence-corrected chi connectivity index (χ2v) is 6.53. The monoisotopic (exact) mass is 371 g/mol. The Morgan fingerprint density at radius 2 is 1.79 bits per heavy atom. The van der Waals surface area contributed by atoms with Gasteiger partial charge in [0.25, 0.3) is 0 Å². The number of nitrogens with zero attached hydrogens (tertiary/aromatic N) is 2. The number of rotatable bonds is 7. The van der Waals surface area contributed by atoms with Crippen molar-refractivity contribution in [3.8, 4) is 5.75 Å². The van der Waals surface area contributed by atoms with E-state index in [-0.39, 0.29) is 5.91 Å². The summed E-state index contributed by atoms with van der Waals surface area (Å²) in [4.78, 5) is 12.4. The molecule has 0 unspecified atom stereocenters. The molecule has 0 saturated heterocycles. The van der Waals surface area contributed by atoms with Crippen LogP contribution < -0.4 is 10.1 Å². The van der Waals surface area contributed by atoms with Gasteiger partial charge in [0.05, 0.1) is 18.3 Å². The summed E-state index contributed by atoms with van der Waals surface area (Å²) >= 11 is 0. The molecular weight excluding hydrogens is 350 g/mol. The Morgan fingerprint density at radius 3 is 2.68 bits per heavy atom. The fourth-order valence-corrected chi connectivity index (χ4v) is 3.06. The number of aryl methyl sites for hydroxylation is 1. The zero-order valence-corrected chi connectivity index (χ0v) is 15.4. The highest BCUT2D eigenvalue weighted by Crippen LogP contribution is 2.16. The van der Waals surface area contributed by atoms with Gasteiger partial charge in [-0.3, -0.25) is 9.48 Å². The van der Waals surface area contributed by atoms with Gasteiger partial charge >= 0.3 is 0 Å². The molecule has 1 N–H and O–H groups in total. The number of ether oxygens (including phenoxy) is 1. The zero-order chi connectivity index (χ0) is 19.2. The Labute approximate surface area is 163 Å². The Bertz CT molecular complexity index is 1070. The first-order valence-electron chi connectivity index (χ1n) is 9.25. The number of amides is 1. The van der Waals surface area contributed by atoms with Gasteiger partial charge in [0.1, 0.15) is 12.4 Å². The van der Waals surface area contributed by atoms with Crippen molar-refractivity contribution in [2.45, 2.75) is 19.6 Å². The van der Waals surface area contributed by atoms with Crippen LogP contribution in [0, 0.1) is 0 Å². The summed E-state index contributed by atoms with van der Waals surface area (Å²) in [5, 5.41) is 8.39. The number of para-hydroxylation sites is 2. The molecule has 4 aromatic rings. The van der Waals surface area contributed by atoms with Gasteiger partial charge in [-0.25, -0.2) is 0 Å². The smallest absolute Gasteiger partial charge is 0.226 e. The SMILES string of the molecule is O=C(CCn1ncc2ccccc21)Nc1cccc(COc2ccccc2)c1. The highest BCUT2D eigenvalue weighted by molar-refractivity contribution is 5.90. The number of nitrogens with one attached hydrogen (secondary N) is 1. The van der Waals surface area contributed by atoms with Crippen LogP contribution in [0.1, 0.15) is 12.0 Å². The molecule has 4 rings (SSSR count). The molecule has 0 spiro atoms. The highest BCUT2D eigenvalue weighted by atomic mass is 16.5. The average molecular weight is 371 g/mol. The van der Waals surface area contributed by atoms with Crippen molar-refractivity contribution in [3.05, 3.63) is 90.6 Å². The number of hydrogen-bond donors (Lipinski definition) is 1. The van der Waals surface area contributed by atoms with Crippen molar-refractivity contribution in [2.75, 3.05) is 5.32 Å². The quantitative estimate of drug-likeness (QED) is 0.515. The van der Waals surface area contributed by atoms with Gasteiger partial charge < -0.3 is 10.1 Å². The van der Waals surface area contributed by atoms with Crippen LogP contribution in [-0.4, -0.2) is 15.7 Å². The molecule has 5 heteroatoms. The Kier molecular flexibility index (Phi) is 5.33. The number of carbonyl (C=O) groups excluding carboxylic acids is 1. The summed E-state index contributed by atoms with van der Waals surface area (Å²) in [6, 6.07) is 25.4. The first kappa shape index (κ1) is 17.8. The third kappa shape index (κ3) is 4.38. The Morgan fingerprint density at radius 1 is 0.964 bits per heavy atom. The maximum Gasteiger partial charge on any atom is 0.226 e. The van der Waals surface area contributed by atoms with Crippen molar-refractivity contribution in [2.24, 2.45) is 0 Å². The van der Waals surface area contributed by atoms with Crippen molar-refractivity contribution in [1.29, 1.82) is 0 Å². The molecule has 3 aromatic carbocycles. The van der Waals surface area contributed by atoms with E-state index in [1.54, 1.807) is 0 Å². The second-order valence-electron chi connectivity index (χ2n) is 6.53. The van der Waals surface area contributed by atoms with Gasteiger partial charge in [-0.15, -0.1) is 0 Å². The molecule has 140 valence electrons. The molecule has 1 amide bonds. The summed E-state index contributed by atoms with van der Waals surface area (Å²) in [5.41, 5.74) is 2.81. The van der Waals surface area contributed by atoms with Crippen LogP contribution in [0.3, 0.4) is 0 Å². The molecule has 0 atom stereocenters. The van der Waals surface area contributed by atoms with Crippen LogP contribution in [0.4, 0.5) is 5.69 Å². The molecule has 0 fully saturated rings. The number of aromatic nitrogens is 2. The number of carbonyl (C=O) groups is 1. The van der Waals surface area contributed by atoms with Gasteiger partial charge in [0.2, 0.25) is 5.91 Å². The van der Waals surface area contributed by atoms with Crippen molar-refractivity contribution < 1.29 is 9.53 Å². The van der Waals surface area contributed by atoms with Crippen molar-refractivity contribution in [1.82, 2.24) is 9.78 Å². The molecule has 0 aliphatic rings. The first-order valence-corrected chi connectivity index (χ1v) is 9.25. The van der Waals surface area contributed by atoms with Crippen LogP contribution in [0.2, 0.25) is 0 Å². The van der Waals surface area contributed by atoms with Gasteiger partial charge in [-0.2, -0.15) is 5.10 Å². The van der Waals surface area contributed by atoms with E-state index in [1.807, 2.05) is 89.7 Å². The van der Waals surface area contributed by atoms with E-state index in [4.69, 9.17) is 4.74 Å². The van der Waals surface area contributed by atoms with Gasteiger partial charge in [-0.1, -0.05) is 48.5 Å². The van der Waals surface area contributed by atoms with E-state index in [0.717, 1.165) is 27.9 Å². The van der Waals surface area contributed by atoms with E-state index in [0.29, 0.717) is 19.6 Å². The lowest BCUT2D eigenvalue weighted by Gasteiger charge is -2.09. The maximum atomic E-state index is 12.4.